The number of aromatic hydroxyl groups is 1. The predicted molar refractivity (Wildman–Crippen MR) is 79.0 cm³/mol. The fraction of sp³-hybridized carbons (Fsp3) is 0.357. The third-order valence-electron chi connectivity index (χ3n) is 3.39. The van der Waals surface area contributed by atoms with Crippen molar-refractivity contribution in [1.29, 1.82) is 5.26 Å². The van der Waals surface area contributed by atoms with Crippen molar-refractivity contribution >= 4 is 17.6 Å². The number of rotatable bonds is 2. The molecule has 2 rings (SSSR count). The van der Waals surface area contributed by atoms with Gasteiger partial charge in [0.05, 0.1) is 11.3 Å². The quantitative estimate of drug-likeness (QED) is 0.541. The van der Waals surface area contributed by atoms with Gasteiger partial charge < -0.3 is 21.5 Å². The Balaban J connectivity index is 2.59. The highest BCUT2D eigenvalue weighted by Gasteiger charge is 2.25. The van der Waals surface area contributed by atoms with Gasteiger partial charge in [-0.3, -0.25) is 4.79 Å². The molecule has 0 saturated carbocycles. The molecule has 0 atom stereocenters. The van der Waals surface area contributed by atoms with E-state index in [-0.39, 0.29) is 17.3 Å². The molecule has 1 aliphatic rings. The smallest absolute Gasteiger partial charge is 0.286 e. The zero-order valence-corrected chi connectivity index (χ0v) is 11.5. The van der Waals surface area contributed by atoms with Crippen molar-refractivity contribution in [2.45, 2.75) is 19.3 Å². The van der Waals surface area contributed by atoms with Crippen LogP contribution in [0.2, 0.25) is 0 Å². The van der Waals surface area contributed by atoms with Crippen molar-refractivity contribution in [3.8, 4) is 11.8 Å². The summed E-state index contributed by atoms with van der Waals surface area (Å²) in [6.45, 7) is 1.44. The van der Waals surface area contributed by atoms with Crippen LogP contribution in [0.1, 0.15) is 35.2 Å². The summed E-state index contributed by atoms with van der Waals surface area (Å²) >= 11 is 0. The zero-order valence-electron chi connectivity index (χ0n) is 11.5. The van der Waals surface area contributed by atoms with E-state index in [0.29, 0.717) is 11.3 Å². The van der Waals surface area contributed by atoms with Crippen molar-refractivity contribution in [1.82, 2.24) is 0 Å². The number of nitrogens with two attached hydrogens (primary N) is 2. The summed E-state index contributed by atoms with van der Waals surface area (Å²) in [4.78, 5) is 17.6. The third-order valence-corrected chi connectivity index (χ3v) is 3.39. The maximum Gasteiger partial charge on any atom is 0.286 e. The van der Waals surface area contributed by atoms with Gasteiger partial charge in [-0.05, 0) is 31.4 Å². The lowest BCUT2D eigenvalue weighted by Gasteiger charge is -2.31. The topological polar surface area (TPSA) is 129 Å². The molecule has 1 heterocycles. The number of hydrogen-bond acceptors (Lipinski definition) is 4. The molecule has 0 aromatic heterocycles. The standard InChI is InChI=1S/C14H17N5O2/c15-8-9-4-5-10(20)11(13(21)18-14(16)17)12(9)19-6-2-1-3-7-19/h4-5,20H,1-3,6-7H2,(H4,16,17,18,21). The minimum absolute atomic E-state index is 0.0237. The van der Waals surface area contributed by atoms with E-state index in [2.05, 4.69) is 11.1 Å². The lowest BCUT2D eigenvalue weighted by atomic mass is 10.0. The monoisotopic (exact) mass is 287 g/mol. The number of phenols is 1. The van der Waals surface area contributed by atoms with Gasteiger partial charge in [0.15, 0.2) is 5.96 Å². The lowest BCUT2D eigenvalue weighted by molar-refractivity contribution is 0.100. The normalized spacial score (nSPS) is 14.3. The Morgan fingerprint density at radius 2 is 1.95 bits per heavy atom. The van der Waals surface area contributed by atoms with Crippen molar-refractivity contribution in [2.24, 2.45) is 16.5 Å². The molecule has 7 heteroatoms. The molecule has 1 aliphatic heterocycles. The van der Waals surface area contributed by atoms with Crippen LogP contribution in [-0.2, 0) is 0 Å². The van der Waals surface area contributed by atoms with Gasteiger partial charge in [0.2, 0.25) is 0 Å². The molecular formula is C14H17N5O2. The second kappa shape index (κ2) is 6.13. The van der Waals surface area contributed by atoms with E-state index in [4.69, 9.17) is 11.5 Å². The third kappa shape index (κ3) is 3.05. The van der Waals surface area contributed by atoms with E-state index >= 15 is 0 Å². The Hall–Kier alpha value is -2.75. The fourth-order valence-corrected chi connectivity index (χ4v) is 2.50. The van der Waals surface area contributed by atoms with Gasteiger partial charge in [-0.25, -0.2) is 0 Å². The number of phenolic OH excluding ortho intramolecular Hbond substituents is 1. The van der Waals surface area contributed by atoms with Crippen LogP contribution in [0.4, 0.5) is 5.69 Å². The first-order valence-corrected chi connectivity index (χ1v) is 6.69. The fourth-order valence-electron chi connectivity index (χ4n) is 2.50. The van der Waals surface area contributed by atoms with Crippen molar-refractivity contribution in [2.75, 3.05) is 18.0 Å². The first-order chi connectivity index (χ1) is 10.0. The summed E-state index contributed by atoms with van der Waals surface area (Å²) in [5.74, 6) is -1.36. The molecule has 0 spiro atoms. The number of anilines is 1. The number of nitrogens with zero attached hydrogens (tertiary/aromatic N) is 3. The molecule has 1 saturated heterocycles. The van der Waals surface area contributed by atoms with E-state index in [1.807, 2.05) is 4.90 Å². The SMILES string of the molecule is N#Cc1ccc(O)c(C(=O)N=C(N)N)c1N1CCCCC1. The molecular weight excluding hydrogens is 270 g/mol. The van der Waals surface area contributed by atoms with E-state index in [0.717, 1.165) is 32.4 Å². The summed E-state index contributed by atoms with van der Waals surface area (Å²) in [6, 6.07) is 4.85. The highest BCUT2D eigenvalue weighted by molar-refractivity contribution is 6.08. The molecule has 1 fully saturated rings. The van der Waals surface area contributed by atoms with E-state index < -0.39 is 5.91 Å². The highest BCUT2D eigenvalue weighted by atomic mass is 16.3. The van der Waals surface area contributed by atoms with E-state index in [9.17, 15) is 15.2 Å². The van der Waals surface area contributed by atoms with Crippen LogP contribution >= 0.6 is 0 Å². The minimum Gasteiger partial charge on any atom is -0.507 e. The average molecular weight is 287 g/mol. The first-order valence-electron chi connectivity index (χ1n) is 6.69. The molecule has 1 amide bonds. The molecule has 0 aliphatic carbocycles. The molecule has 0 bridgehead atoms. The van der Waals surface area contributed by atoms with E-state index in [1.54, 1.807) is 0 Å². The number of hydrogen-bond donors (Lipinski definition) is 3. The molecule has 1 aromatic rings. The Morgan fingerprint density at radius 1 is 1.29 bits per heavy atom. The largest absolute Gasteiger partial charge is 0.507 e. The van der Waals surface area contributed by atoms with Gasteiger partial charge >= 0.3 is 0 Å². The minimum atomic E-state index is -0.745. The van der Waals surface area contributed by atoms with Gasteiger partial charge in [0, 0.05) is 13.1 Å². The van der Waals surface area contributed by atoms with Gasteiger partial charge in [-0.2, -0.15) is 10.3 Å². The Labute approximate surface area is 122 Å². The van der Waals surface area contributed by atoms with Crippen LogP contribution in [0, 0.1) is 11.3 Å². The van der Waals surface area contributed by atoms with Gasteiger partial charge in [0.25, 0.3) is 5.91 Å². The molecule has 110 valence electrons. The number of guanidine groups is 1. The molecule has 5 N–H and O–H groups in total. The number of nitriles is 1. The second-order valence-electron chi connectivity index (χ2n) is 4.86. The van der Waals surface area contributed by atoms with Crippen LogP contribution in [-0.4, -0.2) is 30.1 Å². The summed E-state index contributed by atoms with van der Waals surface area (Å²) in [5.41, 5.74) is 11.2. The summed E-state index contributed by atoms with van der Waals surface area (Å²) in [6.07, 6.45) is 3.04. The number of carbonyl (C=O) groups is 1. The Morgan fingerprint density at radius 3 is 2.52 bits per heavy atom. The highest BCUT2D eigenvalue weighted by Crippen LogP contribution is 2.34. The average Bonchev–Trinajstić information content (AvgIpc) is 2.46. The summed E-state index contributed by atoms with van der Waals surface area (Å²) < 4.78 is 0. The van der Waals surface area contributed by atoms with Gasteiger partial charge in [-0.15, -0.1) is 0 Å². The Kier molecular flexibility index (Phi) is 4.28. The molecule has 0 radical (unpaired) electrons. The van der Waals surface area contributed by atoms with Crippen LogP contribution in [0.5, 0.6) is 5.75 Å². The maximum atomic E-state index is 12.2. The van der Waals surface area contributed by atoms with Crippen LogP contribution in [0.25, 0.3) is 0 Å². The van der Waals surface area contributed by atoms with Gasteiger partial charge in [0.1, 0.15) is 17.4 Å². The zero-order chi connectivity index (χ0) is 15.4. The molecule has 7 nitrogen and oxygen atoms in total. The first kappa shape index (κ1) is 14.7. The summed E-state index contributed by atoms with van der Waals surface area (Å²) in [5, 5.41) is 19.3. The molecule has 0 unspecified atom stereocenters. The van der Waals surface area contributed by atoms with Crippen LogP contribution < -0.4 is 16.4 Å². The second-order valence-corrected chi connectivity index (χ2v) is 4.86. The maximum absolute atomic E-state index is 12.2. The van der Waals surface area contributed by atoms with Crippen molar-refractivity contribution in [3.05, 3.63) is 23.3 Å². The number of benzene rings is 1. The number of amides is 1. The van der Waals surface area contributed by atoms with Gasteiger partial charge in [-0.1, -0.05) is 0 Å². The predicted octanol–water partition coefficient (Wildman–Crippen LogP) is 0.668. The number of piperidine rings is 1. The number of carbonyl (C=O) groups excluding carboxylic acids is 1. The summed E-state index contributed by atoms with van der Waals surface area (Å²) in [7, 11) is 0. The van der Waals surface area contributed by atoms with E-state index in [1.165, 1.54) is 12.1 Å². The molecule has 1 aromatic carbocycles. The lowest BCUT2D eigenvalue weighted by Crippen LogP contribution is -2.32. The van der Waals surface area contributed by atoms with Crippen molar-refractivity contribution < 1.29 is 9.90 Å². The van der Waals surface area contributed by atoms with Crippen molar-refractivity contribution in [3.63, 3.8) is 0 Å². The van der Waals surface area contributed by atoms with Crippen LogP contribution in [0.15, 0.2) is 17.1 Å². The molecule has 21 heavy (non-hydrogen) atoms. The van der Waals surface area contributed by atoms with Crippen LogP contribution in [0.3, 0.4) is 0 Å². The Bertz CT molecular complexity index is 623. The number of aliphatic imine (C=N–C) groups is 1.